The van der Waals surface area contributed by atoms with Gasteiger partial charge in [0.1, 0.15) is 6.10 Å². The van der Waals surface area contributed by atoms with Crippen LogP contribution in [-0.2, 0) is 4.74 Å². The molecule has 0 bridgehead atoms. The predicted molar refractivity (Wildman–Crippen MR) is 67.8 cm³/mol. The summed E-state index contributed by atoms with van der Waals surface area (Å²) in [7, 11) is 0. The first-order valence-corrected chi connectivity index (χ1v) is 6.54. The van der Waals surface area contributed by atoms with E-state index in [4.69, 9.17) is 4.74 Å². The molecule has 0 saturated heterocycles. The molecule has 1 fully saturated rings. The van der Waals surface area contributed by atoms with Crippen LogP contribution in [0.1, 0.15) is 49.9 Å². The van der Waals surface area contributed by atoms with Gasteiger partial charge in [0, 0.05) is 0 Å². The van der Waals surface area contributed by atoms with Gasteiger partial charge in [-0.3, -0.25) is 0 Å². The zero-order valence-electron chi connectivity index (χ0n) is 11.2. The van der Waals surface area contributed by atoms with Crippen molar-refractivity contribution < 1.29 is 18.3 Å². The highest BCUT2D eigenvalue weighted by Gasteiger charge is 2.29. The lowest BCUT2D eigenvalue weighted by Gasteiger charge is -2.33. The first-order chi connectivity index (χ1) is 8.89. The highest BCUT2D eigenvalue weighted by molar-refractivity contribution is 5.89. The molecule has 19 heavy (non-hydrogen) atoms. The Morgan fingerprint density at radius 3 is 2.53 bits per heavy atom. The molecule has 0 spiro atoms. The van der Waals surface area contributed by atoms with E-state index in [1.807, 2.05) is 0 Å². The standard InChI is InChI=1S/C15H18F2O2/c1-15(2)8-6-10(7-9-15)19-14(18)11-4-3-5-12(16)13(11)17/h3-5,10H,6-9H2,1-2H3. The van der Waals surface area contributed by atoms with Crippen molar-refractivity contribution in [1.29, 1.82) is 0 Å². The summed E-state index contributed by atoms with van der Waals surface area (Å²) < 4.78 is 31.8. The van der Waals surface area contributed by atoms with Crippen LogP contribution in [0.4, 0.5) is 8.78 Å². The molecule has 0 amide bonds. The quantitative estimate of drug-likeness (QED) is 0.755. The van der Waals surface area contributed by atoms with Gasteiger partial charge in [-0.2, -0.15) is 0 Å². The minimum atomic E-state index is -1.14. The fourth-order valence-corrected chi connectivity index (χ4v) is 2.37. The van der Waals surface area contributed by atoms with Crippen LogP contribution >= 0.6 is 0 Å². The zero-order chi connectivity index (χ0) is 14.0. The smallest absolute Gasteiger partial charge is 0.341 e. The van der Waals surface area contributed by atoms with Gasteiger partial charge in [-0.1, -0.05) is 19.9 Å². The Kier molecular flexibility index (Phi) is 3.88. The van der Waals surface area contributed by atoms with Crippen molar-refractivity contribution >= 4 is 5.97 Å². The molecular weight excluding hydrogens is 250 g/mol. The highest BCUT2D eigenvalue weighted by atomic mass is 19.2. The number of hydrogen-bond donors (Lipinski definition) is 0. The Hall–Kier alpha value is -1.45. The summed E-state index contributed by atoms with van der Waals surface area (Å²) in [6.45, 7) is 4.36. The van der Waals surface area contributed by atoms with Crippen LogP contribution in [0.2, 0.25) is 0 Å². The molecular formula is C15H18F2O2. The van der Waals surface area contributed by atoms with Gasteiger partial charge in [-0.05, 0) is 43.2 Å². The molecule has 1 saturated carbocycles. The number of esters is 1. The van der Waals surface area contributed by atoms with Crippen LogP contribution < -0.4 is 0 Å². The summed E-state index contributed by atoms with van der Waals surface area (Å²) >= 11 is 0. The van der Waals surface area contributed by atoms with E-state index >= 15 is 0 Å². The lowest BCUT2D eigenvalue weighted by atomic mass is 9.76. The normalized spacial score (nSPS) is 19.2. The molecule has 2 rings (SSSR count). The van der Waals surface area contributed by atoms with E-state index in [1.54, 1.807) is 0 Å². The Labute approximate surface area is 111 Å². The maximum Gasteiger partial charge on any atom is 0.341 e. The third-order valence-electron chi connectivity index (χ3n) is 3.73. The largest absolute Gasteiger partial charge is 0.459 e. The second-order valence-corrected chi connectivity index (χ2v) is 5.87. The van der Waals surface area contributed by atoms with Gasteiger partial charge in [0.05, 0.1) is 5.56 Å². The molecule has 0 aromatic heterocycles. The summed E-state index contributed by atoms with van der Waals surface area (Å²) in [6.07, 6.45) is 3.29. The molecule has 0 N–H and O–H groups in total. The van der Waals surface area contributed by atoms with Crippen LogP contribution in [0.15, 0.2) is 18.2 Å². The first kappa shape index (κ1) is 14.0. The predicted octanol–water partition coefficient (Wildman–Crippen LogP) is 4.09. The number of benzene rings is 1. The van der Waals surface area contributed by atoms with E-state index in [-0.39, 0.29) is 17.1 Å². The number of carbonyl (C=O) groups excluding carboxylic acids is 1. The van der Waals surface area contributed by atoms with E-state index in [2.05, 4.69) is 13.8 Å². The minimum Gasteiger partial charge on any atom is -0.459 e. The molecule has 1 aromatic rings. The fraction of sp³-hybridized carbons (Fsp3) is 0.533. The van der Waals surface area contributed by atoms with Crippen molar-refractivity contribution in [3.63, 3.8) is 0 Å². The van der Waals surface area contributed by atoms with E-state index in [0.717, 1.165) is 31.7 Å². The van der Waals surface area contributed by atoms with Crippen LogP contribution in [0, 0.1) is 17.0 Å². The lowest BCUT2D eigenvalue weighted by Crippen LogP contribution is -2.28. The van der Waals surface area contributed by atoms with Crippen molar-refractivity contribution in [2.24, 2.45) is 5.41 Å². The van der Waals surface area contributed by atoms with Crippen molar-refractivity contribution in [2.45, 2.75) is 45.6 Å². The molecule has 2 nitrogen and oxygen atoms in total. The van der Waals surface area contributed by atoms with Gasteiger partial charge in [0.2, 0.25) is 0 Å². The van der Waals surface area contributed by atoms with Crippen molar-refractivity contribution in [3.05, 3.63) is 35.4 Å². The summed E-state index contributed by atoms with van der Waals surface area (Å²) in [5.74, 6) is -2.94. The van der Waals surface area contributed by atoms with Crippen molar-refractivity contribution in [2.75, 3.05) is 0 Å². The van der Waals surface area contributed by atoms with Crippen molar-refractivity contribution in [3.8, 4) is 0 Å². The number of rotatable bonds is 2. The Balaban J connectivity index is 2.00. The number of hydrogen-bond acceptors (Lipinski definition) is 2. The summed E-state index contributed by atoms with van der Waals surface area (Å²) in [5, 5.41) is 0. The van der Waals surface area contributed by atoms with Gasteiger partial charge < -0.3 is 4.74 Å². The average Bonchev–Trinajstić information content (AvgIpc) is 2.35. The van der Waals surface area contributed by atoms with Gasteiger partial charge >= 0.3 is 5.97 Å². The molecule has 0 atom stereocenters. The topological polar surface area (TPSA) is 26.3 Å². The molecule has 1 aliphatic carbocycles. The molecule has 1 aromatic carbocycles. The maximum absolute atomic E-state index is 13.5. The summed E-state index contributed by atoms with van der Waals surface area (Å²) in [6, 6.07) is 3.53. The molecule has 4 heteroatoms. The number of halogens is 2. The maximum atomic E-state index is 13.5. The van der Waals surface area contributed by atoms with E-state index < -0.39 is 17.6 Å². The second-order valence-electron chi connectivity index (χ2n) is 5.87. The van der Waals surface area contributed by atoms with Crippen LogP contribution in [0.25, 0.3) is 0 Å². The fourth-order valence-electron chi connectivity index (χ4n) is 2.37. The lowest BCUT2D eigenvalue weighted by molar-refractivity contribution is 0.00897. The Bertz CT molecular complexity index is 473. The molecule has 104 valence electrons. The minimum absolute atomic E-state index is 0.191. The molecule has 0 heterocycles. The van der Waals surface area contributed by atoms with Gasteiger partial charge in [0.15, 0.2) is 11.6 Å². The number of ether oxygens (including phenoxy) is 1. The molecule has 0 unspecified atom stereocenters. The first-order valence-electron chi connectivity index (χ1n) is 6.54. The summed E-state index contributed by atoms with van der Waals surface area (Å²) in [5.41, 5.74) is -0.0580. The van der Waals surface area contributed by atoms with Crippen LogP contribution in [0.3, 0.4) is 0 Å². The Morgan fingerprint density at radius 2 is 1.89 bits per heavy atom. The van der Waals surface area contributed by atoms with Gasteiger partial charge in [-0.15, -0.1) is 0 Å². The van der Waals surface area contributed by atoms with E-state index in [9.17, 15) is 13.6 Å². The Morgan fingerprint density at radius 1 is 1.26 bits per heavy atom. The van der Waals surface area contributed by atoms with E-state index in [1.165, 1.54) is 12.1 Å². The van der Waals surface area contributed by atoms with Crippen molar-refractivity contribution in [1.82, 2.24) is 0 Å². The summed E-state index contributed by atoms with van der Waals surface area (Å²) in [4.78, 5) is 11.8. The van der Waals surface area contributed by atoms with Crippen LogP contribution in [0.5, 0.6) is 0 Å². The van der Waals surface area contributed by atoms with Crippen LogP contribution in [-0.4, -0.2) is 12.1 Å². The average molecular weight is 268 g/mol. The zero-order valence-corrected chi connectivity index (χ0v) is 11.2. The van der Waals surface area contributed by atoms with Gasteiger partial charge in [-0.25, -0.2) is 13.6 Å². The molecule has 1 aliphatic rings. The van der Waals surface area contributed by atoms with E-state index in [0.29, 0.717) is 0 Å². The highest BCUT2D eigenvalue weighted by Crippen LogP contribution is 2.36. The third-order valence-corrected chi connectivity index (χ3v) is 3.73. The molecule has 0 radical (unpaired) electrons. The third kappa shape index (κ3) is 3.31. The SMILES string of the molecule is CC1(C)CCC(OC(=O)c2cccc(F)c2F)CC1. The number of carbonyl (C=O) groups is 1. The van der Waals surface area contributed by atoms with Gasteiger partial charge in [0.25, 0.3) is 0 Å². The molecule has 0 aliphatic heterocycles. The monoisotopic (exact) mass is 268 g/mol. The second kappa shape index (κ2) is 5.27.